The molecule has 0 aliphatic rings. The number of amides is 1. The van der Waals surface area contributed by atoms with Gasteiger partial charge in [-0.25, -0.2) is 9.97 Å². The van der Waals surface area contributed by atoms with Gasteiger partial charge in [0.25, 0.3) is 0 Å². The first-order valence-corrected chi connectivity index (χ1v) is 3.81. The molecule has 2 rings (SSSR count). The van der Waals surface area contributed by atoms with Crippen molar-refractivity contribution in [1.29, 1.82) is 0 Å². The highest BCUT2D eigenvalue weighted by Gasteiger charge is 2.06. The number of nitrogens with one attached hydrogen (secondary N) is 1. The van der Waals surface area contributed by atoms with Crippen LogP contribution >= 0.6 is 0 Å². The molecule has 0 saturated heterocycles. The van der Waals surface area contributed by atoms with Crippen LogP contribution in [0.1, 0.15) is 5.56 Å². The summed E-state index contributed by atoms with van der Waals surface area (Å²) in [5.74, 6) is -0.357. The van der Waals surface area contributed by atoms with Gasteiger partial charge in [-0.15, -0.1) is 0 Å². The quantitative estimate of drug-likeness (QED) is 0.674. The van der Waals surface area contributed by atoms with E-state index >= 15 is 0 Å². The molecule has 0 aromatic carbocycles. The third-order valence-corrected chi connectivity index (χ3v) is 1.81. The molecule has 0 radical (unpaired) electrons. The van der Waals surface area contributed by atoms with E-state index in [2.05, 4.69) is 15.0 Å². The van der Waals surface area contributed by atoms with Crippen molar-refractivity contribution >= 4 is 16.9 Å². The summed E-state index contributed by atoms with van der Waals surface area (Å²) in [4.78, 5) is 21.5. The molecule has 0 unspecified atom stereocenters. The summed E-state index contributed by atoms with van der Waals surface area (Å²) >= 11 is 0. The first-order valence-electron chi connectivity index (χ1n) is 3.81. The lowest BCUT2D eigenvalue weighted by Crippen LogP contribution is -2.13. The SMILES string of the molecule is NC(=O)Cc1c[nH]c2ncncc12. The predicted octanol–water partition coefficient (Wildman–Crippen LogP) is -0.0143. The number of carbonyl (C=O) groups is 1. The van der Waals surface area contributed by atoms with Crippen molar-refractivity contribution in [2.45, 2.75) is 6.42 Å². The van der Waals surface area contributed by atoms with Gasteiger partial charge in [0.2, 0.25) is 5.91 Å². The van der Waals surface area contributed by atoms with Crippen LogP contribution in [0.25, 0.3) is 11.0 Å². The lowest BCUT2D eigenvalue weighted by atomic mass is 10.2. The molecule has 2 aromatic rings. The van der Waals surface area contributed by atoms with Crippen LogP contribution in [0.15, 0.2) is 18.7 Å². The van der Waals surface area contributed by atoms with Crippen LogP contribution in [0.2, 0.25) is 0 Å². The molecular weight excluding hydrogens is 168 g/mol. The molecule has 0 fully saturated rings. The van der Waals surface area contributed by atoms with Crippen molar-refractivity contribution in [2.24, 2.45) is 5.73 Å². The van der Waals surface area contributed by atoms with Gasteiger partial charge < -0.3 is 10.7 Å². The number of hydrogen-bond donors (Lipinski definition) is 2. The average Bonchev–Trinajstić information content (AvgIpc) is 2.48. The van der Waals surface area contributed by atoms with Gasteiger partial charge in [0.1, 0.15) is 12.0 Å². The molecule has 0 atom stereocenters. The Morgan fingerprint density at radius 1 is 1.62 bits per heavy atom. The molecule has 5 nitrogen and oxygen atoms in total. The molecule has 1 amide bonds. The zero-order chi connectivity index (χ0) is 9.26. The third-order valence-electron chi connectivity index (χ3n) is 1.81. The minimum absolute atomic E-state index is 0.216. The van der Waals surface area contributed by atoms with Crippen molar-refractivity contribution in [1.82, 2.24) is 15.0 Å². The molecule has 0 saturated carbocycles. The van der Waals surface area contributed by atoms with Crippen molar-refractivity contribution in [3.8, 4) is 0 Å². The molecule has 2 aromatic heterocycles. The van der Waals surface area contributed by atoms with Crippen molar-refractivity contribution in [3.63, 3.8) is 0 Å². The summed E-state index contributed by atoms with van der Waals surface area (Å²) in [6.07, 6.45) is 5.06. The highest BCUT2D eigenvalue weighted by atomic mass is 16.1. The Morgan fingerprint density at radius 3 is 3.23 bits per heavy atom. The topological polar surface area (TPSA) is 84.7 Å². The number of rotatable bonds is 2. The van der Waals surface area contributed by atoms with Crippen molar-refractivity contribution in [3.05, 3.63) is 24.3 Å². The Balaban J connectivity index is 2.51. The molecule has 0 bridgehead atoms. The normalized spacial score (nSPS) is 10.5. The van der Waals surface area contributed by atoms with Gasteiger partial charge in [0, 0.05) is 17.8 Å². The number of nitrogens with zero attached hydrogens (tertiary/aromatic N) is 2. The standard InChI is InChI=1S/C8H8N4O/c9-7(13)1-5-2-11-8-6(5)3-10-4-12-8/h2-4H,1H2,(H2,9,13)(H,10,11,12). The van der Waals surface area contributed by atoms with Gasteiger partial charge in [-0.05, 0) is 5.56 Å². The number of nitrogens with two attached hydrogens (primary N) is 1. The summed E-state index contributed by atoms with van der Waals surface area (Å²) in [6, 6.07) is 0. The summed E-state index contributed by atoms with van der Waals surface area (Å²) in [5, 5.41) is 0.848. The van der Waals surface area contributed by atoms with Gasteiger partial charge in [0.15, 0.2) is 0 Å². The number of aromatic nitrogens is 3. The van der Waals surface area contributed by atoms with E-state index in [0.29, 0.717) is 0 Å². The van der Waals surface area contributed by atoms with E-state index in [1.807, 2.05) is 0 Å². The Labute approximate surface area is 74.0 Å². The Morgan fingerprint density at radius 2 is 2.46 bits per heavy atom. The van der Waals surface area contributed by atoms with E-state index in [1.54, 1.807) is 12.4 Å². The Hall–Kier alpha value is -1.91. The smallest absolute Gasteiger partial charge is 0.221 e. The maximum absolute atomic E-state index is 10.7. The second-order valence-corrected chi connectivity index (χ2v) is 2.74. The van der Waals surface area contributed by atoms with Gasteiger partial charge in [-0.3, -0.25) is 4.79 Å². The second-order valence-electron chi connectivity index (χ2n) is 2.74. The molecule has 0 aliphatic carbocycles. The highest BCUT2D eigenvalue weighted by molar-refractivity contribution is 5.85. The van der Waals surface area contributed by atoms with Crippen LogP contribution in [0.4, 0.5) is 0 Å². The third kappa shape index (κ3) is 1.35. The number of H-pyrrole nitrogens is 1. The first kappa shape index (κ1) is 7.72. The number of aromatic amines is 1. The summed E-state index contributed by atoms with van der Waals surface area (Å²) in [5.41, 5.74) is 6.65. The van der Waals surface area contributed by atoms with Crippen molar-refractivity contribution in [2.75, 3.05) is 0 Å². The second kappa shape index (κ2) is 2.85. The zero-order valence-electron chi connectivity index (χ0n) is 6.82. The fourth-order valence-corrected chi connectivity index (χ4v) is 1.25. The number of primary amides is 1. The minimum atomic E-state index is -0.357. The number of carbonyl (C=O) groups excluding carboxylic acids is 1. The molecule has 0 spiro atoms. The highest BCUT2D eigenvalue weighted by Crippen LogP contribution is 2.14. The van der Waals surface area contributed by atoms with Gasteiger partial charge in [-0.2, -0.15) is 0 Å². The molecule has 3 N–H and O–H groups in total. The van der Waals surface area contributed by atoms with E-state index in [4.69, 9.17) is 5.73 Å². The Bertz CT molecular complexity index is 448. The van der Waals surface area contributed by atoms with E-state index in [0.717, 1.165) is 16.6 Å². The van der Waals surface area contributed by atoms with Gasteiger partial charge >= 0.3 is 0 Å². The zero-order valence-corrected chi connectivity index (χ0v) is 6.82. The van der Waals surface area contributed by atoms with E-state index in [9.17, 15) is 4.79 Å². The average molecular weight is 176 g/mol. The summed E-state index contributed by atoms with van der Waals surface area (Å²) in [7, 11) is 0. The molecule has 2 heterocycles. The van der Waals surface area contributed by atoms with Crippen LogP contribution in [0.5, 0.6) is 0 Å². The fraction of sp³-hybridized carbons (Fsp3) is 0.125. The van der Waals surface area contributed by atoms with E-state index < -0.39 is 0 Å². The van der Waals surface area contributed by atoms with Crippen LogP contribution in [-0.4, -0.2) is 20.9 Å². The van der Waals surface area contributed by atoms with Crippen molar-refractivity contribution < 1.29 is 4.79 Å². The molecular formula is C8H8N4O. The monoisotopic (exact) mass is 176 g/mol. The first-order chi connectivity index (χ1) is 6.27. The number of fused-ring (bicyclic) bond motifs is 1. The molecule has 13 heavy (non-hydrogen) atoms. The fourth-order valence-electron chi connectivity index (χ4n) is 1.25. The largest absolute Gasteiger partial charge is 0.369 e. The van der Waals surface area contributed by atoms with E-state index in [-0.39, 0.29) is 12.3 Å². The van der Waals surface area contributed by atoms with Crippen LogP contribution in [0, 0.1) is 0 Å². The van der Waals surface area contributed by atoms with Crippen LogP contribution < -0.4 is 5.73 Å². The van der Waals surface area contributed by atoms with Crippen LogP contribution in [-0.2, 0) is 11.2 Å². The molecule has 66 valence electrons. The lowest BCUT2D eigenvalue weighted by Gasteiger charge is -1.92. The Kier molecular flexibility index (Phi) is 1.70. The van der Waals surface area contributed by atoms with Crippen LogP contribution in [0.3, 0.4) is 0 Å². The summed E-state index contributed by atoms with van der Waals surface area (Å²) in [6.45, 7) is 0. The maximum Gasteiger partial charge on any atom is 0.221 e. The van der Waals surface area contributed by atoms with Gasteiger partial charge in [0.05, 0.1) is 6.42 Å². The van der Waals surface area contributed by atoms with E-state index in [1.165, 1.54) is 6.33 Å². The maximum atomic E-state index is 10.7. The number of hydrogen-bond acceptors (Lipinski definition) is 3. The molecule has 0 aliphatic heterocycles. The summed E-state index contributed by atoms with van der Waals surface area (Å²) < 4.78 is 0. The lowest BCUT2D eigenvalue weighted by molar-refractivity contribution is -0.117. The predicted molar refractivity (Wildman–Crippen MR) is 46.8 cm³/mol. The minimum Gasteiger partial charge on any atom is -0.369 e. The molecule has 5 heteroatoms. The van der Waals surface area contributed by atoms with Gasteiger partial charge in [-0.1, -0.05) is 0 Å².